The molecule has 4 heterocycles. The van der Waals surface area contributed by atoms with Gasteiger partial charge in [-0.1, -0.05) is 18.7 Å². The normalized spacial score (nSPS) is 24.9. The van der Waals surface area contributed by atoms with Crippen LogP contribution >= 0.6 is 11.8 Å². The van der Waals surface area contributed by atoms with Crippen molar-refractivity contribution < 1.29 is 22.7 Å². The van der Waals surface area contributed by atoms with Crippen LogP contribution in [0.5, 0.6) is 5.75 Å². The van der Waals surface area contributed by atoms with E-state index in [0.717, 1.165) is 6.07 Å². The lowest BCUT2D eigenvalue weighted by molar-refractivity contribution is -0.129. The number of oxazole rings is 1. The zero-order chi connectivity index (χ0) is 29.1. The maximum atomic E-state index is 15.5. The lowest BCUT2D eigenvalue weighted by atomic mass is 9.84. The number of aromatic nitrogens is 4. The summed E-state index contributed by atoms with van der Waals surface area (Å²) >= 11 is 1.19. The molecule has 1 aliphatic heterocycles. The summed E-state index contributed by atoms with van der Waals surface area (Å²) < 4.78 is 40.5. The first-order chi connectivity index (χ1) is 19.5. The number of halogens is 2. The van der Waals surface area contributed by atoms with Gasteiger partial charge in [-0.2, -0.15) is 0 Å². The molecule has 4 aromatic rings. The molecule has 1 amide bonds. The Labute approximate surface area is 237 Å². The van der Waals surface area contributed by atoms with Crippen LogP contribution in [0.2, 0.25) is 0 Å². The van der Waals surface area contributed by atoms with Gasteiger partial charge in [0, 0.05) is 43.4 Å². The number of nitrogens with two attached hydrogens (primary N) is 1. The number of hydrogen-bond acceptors (Lipinski definition) is 11. The number of thioether (sulfide) groups is 1. The van der Waals surface area contributed by atoms with E-state index in [1.54, 1.807) is 27.1 Å². The largest absolute Gasteiger partial charge is 0.482 e. The molecule has 1 aliphatic carbocycles. The average molecular weight is 581 g/mol. The maximum absolute atomic E-state index is 15.5. The van der Waals surface area contributed by atoms with E-state index in [1.165, 1.54) is 47.7 Å². The highest BCUT2D eigenvalue weighted by atomic mass is 32.2. The molecule has 1 aromatic carbocycles. The third kappa shape index (κ3) is 4.33. The van der Waals surface area contributed by atoms with Crippen LogP contribution < -0.4 is 15.8 Å². The minimum Gasteiger partial charge on any atom is -0.482 e. The first kappa shape index (κ1) is 26.9. The average Bonchev–Trinajstić information content (AvgIpc) is 3.26. The Bertz CT molecular complexity index is 1700. The van der Waals surface area contributed by atoms with Gasteiger partial charge in [0.15, 0.2) is 29.2 Å². The Morgan fingerprint density at radius 3 is 2.76 bits per heavy atom. The molecular formula is C27H26F2N8O3S. The molecule has 6 rings (SSSR count). The maximum Gasteiger partial charge on any atom is 0.239 e. The number of ether oxygens (including phenoxy) is 1. The number of carbonyl (C=O) groups is 1. The van der Waals surface area contributed by atoms with Crippen LogP contribution in [-0.4, -0.2) is 54.8 Å². The first-order valence-corrected chi connectivity index (χ1v) is 13.5. The second-order valence-electron chi connectivity index (χ2n) is 10.4. The lowest BCUT2D eigenvalue weighted by Crippen LogP contribution is -2.44. The van der Waals surface area contributed by atoms with Crippen molar-refractivity contribution in [2.75, 3.05) is 19.4 Å². The molecule has 11 nitrogen and oxygen atoms in total. The van der Waals surface area contributed by atoms with Crippen LogP contribution in [0.25, 0.3) is 11.0 Å². The molecule has 41 heavy (non-hydrogen) atoms. The number of benzene rings is 1. The summed E-state index contributed by atoms with van der Waals surface area (Å²) in [5.41, 5.74) is 5.95. The molecule has 0 saturated heterocycles. The number of anilines is 2. The fourth-order valence-corrected chi connectivity index (χ4v) is 7.43. The third-order valence-electron chi connectivity index (χ3n) is 7.62. The number of hydrogen-bond donors (Lipinski definition) is 2. The van der Waals surface area contributed by atoms with Crippen molar-refractivity contribution in [3.63, 3.8) is 0 Å². The van der Waals surface area contributed by atoms with Gasteiger partial charge in [0.1, 0.15) is 28.6 Å². The number of carbonyl (C=O) groups excluding carboxylic acids is 1. The Hall–Kier alpha value is -4.33. The minimum absolute atomic E-state index is 0.0120. The standard InChI is InChI=1S/C27H26F2N8O3S/c1-13-22-26(2,36-25(30)41-27(13,22)24(38)37(3)4)16-7-14(8-17(28)20(16)29)35-23-21-18(33-12-34-23)9-15(10-32-21)40-11-19-31-5-6-39-19/h5-10,12-13,22H,11H2,1-4H3,(H2,30,36)(H,33,34,35)/t13-,22?,26+,27-/m0/s1. The molecule has 0 radical (unpaired) electrons. The van der Waals surface area contributed by atoms with Crippen molar-refractivity contribution >= 4 is 45.4 Å². The van der Waals surface area contributed by atoms with E-state index in [4.69, 9.17) is 14.9 Å². The Morgan fingerprint density at radius 1 is 1.22 bits per heavy atom. The number of amidine groups is 1. The van der Waals surface area contributed by atoms with Gasteiger partial charge in [0.05, 0.1) is 23.4 Å². The van der Waals surface area contributed by atoms with E-state index in [-0.39, 0.29) is 40.7 Å². The Balaban J connectivity index is 1.34. The number of amides is 1. The van der Waals surface area contributed by atoms with Crippen molar-refractivity contribution in [1.82, 2.24) is 24.8 Å². The summed E-state index contributed by atoms with van der Waals surface area (Å²) in [6, 6.07) is 4.18. The summed E-state index contributed by atoms with van der Waals surface area (Å²) in [6.07, 6.45) is 5.78. The van der Waals surface area contributed by atoms with Gasteiger partial charge in [0.25, 0.3) is 0 Å². The van der Waals surface area contributed by atoms with E-state index in [9.17, 15) is 4.79 Å². The molecule has 14 heteroatoms. The highest BCUT2D eigenvalue weighted by Gasteiger charge is 2.76. The predicted octanol–water partition coefficient (Wildman–Crippen LogP) is 3.98. The van der Waals surface area contributed by atoms with E-state index >= 15 is 8.78 Å². The topological polar surface area (TPSA) is 145 Å². The Kier molecular flexibility index (Phi) is 6.32. The van der Waals surface area contributed by atoms with Gasteiger partial charge in [-0.05, 0) is 18.9 Å². The van der Waals surface area contributed by atoms with E-state index in [1.807, 2.05) is 6.92 Å². The van der Waals surface area contributed by atoms with Gasteiger partial charge in [-0.25, -0.2) is 28.7 Å². The fraction of sp³-hybridized carbons (Fsp3) is 0.333. The molecule has 1 unspecified atom stereocenters. The number of fused-ring (bicyclic) bond motifs is 2. The van der Waals surface area contributed by atoms with Crippen molar-refractivity contribution in [2.45, 2.75) is 30.7 Å². The molecular weight excluding hydrogens is 554 g/mol. The fourth-order valence-electron chi connectivity index (χ4n) is 5.77. The molecule has 4 atom stereocenters. The van der Waals surface area contributed by atoms with Crippen molar-refractivity contribution in [2.24, 2.45) is 22.6 Å². The number of nitrogens with one attached hydrogen (secondary N) is 1. The molecule has 212 valence electrons. The monoisotopic (exact) mass is 580 g/mol. The van der Waals surface area contributed by atoms with Gasteiger partial charge >= 0.3 is 0 Å². The van der Waals surface area contributed by atoms with Crippen LogP contribution in [0.1, 0.15) is 25.3 Å². The summed E-state index contributed by atoms with van der Waals surface area (Å²) in [5, 5.41) is 3.19. The number of nitrogens with zero attached hydrogens (tertiary/aromatic N) is 6. The van der Waals surface area contributed by atoms with E-state index in [0.29, 0.717) is 22.7 Å². The minimum atomic E-state index is -1.29. The third-order valence-corrected chi connectivity index (χ3v) is 9.06. The highest BCUT2D eigenvalue weighted by molar-refractivity contribution is 8.15. The molecule has 1 saturated carbocycles. The highest BCUT2D eigenvalue weighted by Crippen LogP contribution is 2.70. The smallest absolute Gasteiger partial charge is 0.239 e. The summed E-state index contributed by atoms with van der Waals surface area (Å²) in [5.74, 6) is -1.73. The second kappa shape index (κ2) is 9.65. The quantitative estimate of drug-likeness (QED) is 0.329. The predicted molar refractivity (Wildman–Crippen MR) is 148 cm³/mol. The number of pyridine rings is 1. The SMILES string of the molecule is C[C@H]1C2[C@@]1(C(=O)N(C)C)SC(N)=N[C@]2(C)c1cc(Nc2ncnc3cc(OCc4ncco4)cnc23)cc(F)c1F. The molecule has 2 aliphatic rings. The van der Waals surface area contributed by atoms with Crippen molar-refractivity contribution in [3.8, 4) is 5.75 Å². The summed E-state index contributed by atoms with van der Waals surface area (Å²) in [6.45, 7) is 3.71. The van der Waals surface area contributed by atoms with E-state index in [2.05, 4.69) is 30.2 Å². The Morgan fingerprint density at radius 2 is 2.02 bits per heavy atom. The lowest BCUT2D eigenvalue weighted by Gasteiger charge is -2.34. The molecule has 0 spiro atoms. The van der Waals surface area contributed by atoms with Gasteiger partial charge in [-0.15, -0.1) is 0 Å². The van der Waals surface area contributed by atoms with Gasteiger partial charge in [0.2, 0.25) is 11.8 Å². The van der Waals surface area contributed by atoms with Crippen LogP contribution in [-0.2, 0) is 16.9 Å². The summed E-state index contributed by atoms with van der Waals surface area (Å²) in [4.78, 5) is 36.2. The summed E-state index contributed by atoms with van der Waals surface area (Å²) in [7, 11) is 3.32. The van der Waals surface area contributed by atoms with Crippen molar-refractivity contribution in [3.05, 3.63) is 66.3 Å². The van der Waals surface area contributed by atoms with Crippen LogP contribution in [0.15, 0.2) is 52.6 Å². The van der Waals surface area contributed by atoms with Crippen LogP contribution in [0.3, 0.4) is 0 Å². The van der Waals surface area contributed by atoms with E-state index < -0.39 is 27.8 Å². The zero-order valence-corrected chi connectivity index (χ0v) is 23.4. The molecule has 3 N–H and O–H groups in total. The molecule has 1 fully saturated rings. The molecule has 0 bridgehead atoms. The van der Waals surface area contributed by atoms with Crippen molar-refractivity contribution in [1.29, 1.82) is 0 Å². The second-order valence-corrected chi connectivity index (χ2v) is 11.7. The van der Waals surface area contributed by atoms with Crippen LogP contribution in [0, 0.1) is 23.5 Å². The number of aliphatic imine (C=N–C) groups is 1. The van der Waals surface area contributed by atoms with Crippen LogP contribution in [0.4, 0.5) is 20.3 Å². The first-order valence-electron chi connectivity index (χ1n) is 12.7. The zero-order valence-electron chi connectivity index (χ0n) is 22.6. The van der Waals surface area contributed by atoms with Gasteiger partial charge in [-0.3, -0.25) is 9.79 Å². The number of rotatable bonds is 7. The molecule has 3 aromatic heterocycles. The van der Waals surface area contributed by atoms with Gasteiger partial charge < -0.3 is 25.1 Å².